The molecule has 2 heterocycles. The fraction of sp³-hybridized carbons (Fsp3) is 0.200. The smallest absolute Gasteiger partial charge is 0.251 e. The first-order chi connectivity index (χ1) is 12.6. The molecule has 0 saturated heterocycles. The Morgan fingerprint density at radius 1 is 1.12 bits per heavy atom. The number of pyridine rings is 1. The van der Waals surface area contributed by atoms with Crippen LogP contribution in [0.1, 0.15) is 21.5 Å². The van der Waals surface area contributed by atoms with Crippen LogP contribution in [0.4, 0.5) is 0 Å². The van der Waals surface area contributed by atoms with Crippen molar-refractivity contribution in [3.05, 3.63) is 69.5 Å². The second-order valence-electron chi connectivity index (χ2n) is 6.28. The molecule has 6 nitrogen and oxygen atoms in total. The zero-order valence-electron chi connectivity index (χ0n) is 14.3. The van der Waals surface area contributed by atoms with Crippen molar-refractivity contribution >= 4 is 16.8 Å². The van der Waals surface area contributed by atoms with E-state index in [9.17, 15) is 9.59 Å². The van der Waals surface area contributed by atoms with Crippen molar-refractivity contribution in [1.29, 1.82) is 0 Å². The van der Waals surface area contributed by atoms with Crippen molar-refractivity contribution in [2.75, 3.05) is 13.3 Å². The van der Waals surface area contributed by atoms with Crippen LogP contribution in [0, 0.1) is 6.92 Å². The number of amides is 1. The number of hydrogen-bond donors (Lipinski definition) is 2. The molecule has 1 aliphatic heterocycles. The monoisotopic (exact) mass is 350 g/mol. The van der Waals surface area contributed by atoms with E-state index in [1.807, 2.05) is 24.3 Å². The summed E-state index contributed by atoms with van der Waals surface area (Å²) < 4.78 is 10.5. The highest BCUT2D eigenvalue weighted by Crippen LogP contribution is 2.32. The predicted octanol–water partition coefficient (Wildman–Crippen LogP) is 2.54. The summed E-state index contributed by atoms with van der Waals surface area (Å²) in [6, 6.07) is 12.9. The molecule has 0 bridgehead atoms. The highest BCUT2D eigenvalue weighted by Gasteiger charge is 2.15. The van der Waals surface area contributed by atoms with Crippen LogP contribution < -0.4 is 20.3 Å². The number of rotatable bonds is 4. The number of carbonyl (C=O) groups is 1. The molecule has 2 N–H and O–H groups in total. The summed E-state index contributed by atoms with van der Waals surface area (Å²) in [7, 11) is 0. The molecule has 0 saturated carbocycles. The molecule has 1 aromatic heterocycles. The largest absolute Gasteiger partial charge is 0.454 e. The molecule has 0 unspecified atom stereocenters. The maximum Gasteiger partial charge on any atom is 0.251 e. The second kappa shape index (κ2) is 6.55. The quantitative estimate of drug-likeness (QED) is 0.758. The van der Waals surface area contributed by atoms with Crippen molar-refractivity contribution < 1.29 is 14.3 Å². The van der Waals surface area contributed by atoms with Crippen LogP contribution >= 0.6 is 0 Å². The Bertz CT molecular complexity index is 1060. The number of aromatic amines is 1. The van der Waals surface area contributed by atoms with Gasteiger partial charge in [0.1, 0.15) is 0 Å². The van der Waals surface area contributed by atoms with Crippen LogP contribution in [-0.2, 0) is 6.42 Å². The van der Waals surface area contributed by atoms with Crippen LogP contribution in [0.25, 0.3) is 10.9 Å². The van der Waals surface area contributed by atoms with Crippen molar-refractivity contribution in [3.8, 4) is 11.5 Å². The molecule has 0 atom stereocenters. The Balaban J connectivity index is 1.41. The molecule has 4 rings (SSSR count). The number of ether oxygens (including phenoxy) is 2. The van der Waals surface area contributed by atoms with E-state index in [1.54, 1.807) is 25.1 Å². The summed E-state index contributed by atoms with van der Waals surface area (Å²) in [5, 5.41) is 3.90. The van der Waals surface area contributed by atoms with Gasteiger partial charge in [0.25, 0.3) is 11.5 Å². The van der Waals surface area contributed by atoms with Gasteiger partial charge < -0.3 is 19.8 Å². The lowest BCUT2D eigenvalue weighted by Crippen LogP contribution is -2.25. The van der Waals surface area contributed by atoms with Gasteiger partial charge in [0.05, 0.1) is 0 Å². The molecule has 0 aliphatic carbocycles. The first-order valence-electron chi connectivity index (χ1n) is 8.40. The predicted molar refractivity (Wildman–Crippen MR) is 97.9 cm³/mol. The zero-order chi connectivity index (χ0) is 18.1. The standard InChI is InChI=1S/C20H18N2O4/c1-12-8-15-9-13(2-4-16(15)22-19(12)23)6-7-21-20(24)14-3-5-17-18(10-14)26-11-25-17/h2-5,8-10H,6-7,11H2,1H3,(H,21,24)(H,22,23). The van der Waals surface area contributed by atoms with Gasteiger partial charge in [0.2, 0.25) is 6.79 Å². The van der Waals surface area contributed by atoms with E-state index >= 15 is 0 Å². The SMILES string of the molecule is Cc1cc2cc(CCNC(=O)c3ccc4c(c3)OCO4)ccc2[nH]c1=O. The third kappa shape index (κ3) is 3.13. The molecule has 0 fully saturated rings. The van der Waals surface area contributed by atoms with Gasteiger partial charge >= 0.3 is 0 Å². The lowest BCUT2D eigenvalue weighted by molar-refractivity contribution is 0.0953. The van der Waals surface area contributed by atoms with Gasteiger partial charge in [-0.1, -0.05) is 6.07 Å². The zero-order valence-corrected chi connectivity index (χ0v) is 14.3. The third-order valence-electron chi connectivity index (χ3n) is 4.43. The van der Waals surface area contributed by atoms with Gasteiger partial charge in [-0.2, -0.15) is 0 Å². The van der Waals surface area contributed by atoms with E-state index in [1.165, 1.54) is 0 Å². The summed E-state index contributed by atoms with van der Waals surface area (Å²) >= 11 is 0. The molecule has 6 heteroatoms. The van der Waals surface area contributed by atoms with Crippen molar-refractivity contribution in [1.82, 2.24) is 10.3 Å². The maximum atomic E-state index is 12.3. The first-order valence-corrected chi connectivity index (χ1v) is 8.40. The summed E-state index contributed by atoms with van der Waals surface area (Å²) in [5.41, 5.74) is 3.07. The number of nitrogens with one attached hydrogen (secondary N) is 2. The van der Waals surface area contributed by atoms with Gasteiger partial charge in [-0.15, -0.1) is 0 Å². The van der Waals surface area contributed by atoms with Crippen molar-refractivity contribution in [3.63, 3.8) is 0 Å². The van der Waals surface area contributed by atoms with Crippen molar-refractivity contribution in [2.45, 2.75) is 13.3 Å². The number of fused-ring (bicyclic) bond motifs is 2. The number of aromatic nitrogens is 1. The van der Waals surface area contributed by atoms with E-state index in [4.69, 9.17) is 9.47 Å². The summed E-state index contributed by atoms with van der Waals surface area (Å²) in [4.78, 5) is 26.8. The molecule has 2 aromatic carbocycles. The molecular formula is C20H18N2O4. The normalized spacial score (nSPS) is 12.3. The van der Waals surface area contributed by atoms with E-state index in [-0.39, 0.29) is 18.3 Å². The maximum absolute atomic E-state index is 12.3. The minimum absolute atomic E-state index is 0.0683. The van der Waals surface area contributed by atoms with Gasteiger partial charge in [0, 0.05) is 23.2 Å². The third-order valence-corrected chi connectivity index (χ3v) is 4.43. The Morgan fingerprint density at radius 3 is 2.85 bits per heavy atom. The number of benzene rings is 2. The Kier molecular flexibility index (Phi) is 4.08. The average molecular weight is 350 g/mol. The number of carbonyl (C=O) groups excluding carboxylic acids is 1. The van der Waals surface area contributed by atoms with Crippen molar-refractivity contribution in [2.24, 2.45) is 0 Å². The minimum atomic E-state index is -0.149. The van der Waals surface area contributed by atoms with E-state index in [2.05, 4.69) is 10.3 Å². The summed E-state index contributed by atoms with van der Waals surface area (Å²) in [6.07, 6.45) is 0.699. The van der Waals surface area contributed by atoms with Crippen LogP contribution in [0.2, 0.25) is 0 Å². The van der Waals surface area contributed by atoms with Crippen LogP contribution in [0.15, 0.2) is 47.3 Å². The number of H-pyrrole nitrogens is 1. The highest BCUT2D eigenvalue weighted by atomic mass is 16.7. The van der Waals surface area contributed by atoms with Gasteiger partial charge in [0.15, 0.2) is 11.5 Å². The van der Waals surface area contributed by atoms with E-state index in [0.29, 0.717) is 35.6 Å². The molecule has 1 aliphatic rings. The van der Waals surface area contributed by atoms with Crippen LogP contribution in [0.3, 0.4) is 0 Å². The minimum Gasteiger partial charge on any atom is -0.454 e. The van der Waals surface area contributed by atoms with Crippen LogP contribution in [0.5, 0.6) is 11.5 Å². The van der Waals surface area contributed by atoms with Gasteiger partial charge in [-0.3, -0.25) is 9.59 Å². The molecule has 0 spiro atoms. The summed E-state index contributed by atoms with van der Waals surface area (Å²) in [6.45, 7) is 2.49. The first kappa shape index (κ1) is 16.2. The van der Waals surface area contributed by atoms with E-state index < -0.39 is 0 Å². The lowest BCUT2D eigenvalue weighted by atomic mass is 10.1. The number of aryl methyl sites for hydroxylation is 1. The summed E-state index contributed by atoms with van der Waals surface area (Å²) in [5.74, 6) is 1.10. The Labute approximate surface area is 149 Å². The molecule has 1 amide bonds. The molecule has 132 valence electrons. The second-order valence-corrected chi connectivity index (χ2v) is 6.28. The fourth-order valence-corrected chi connectivity index (χ4v) is 2.98. The number of hydrogen-bond acceptors (Lipinski definition) is 4. The van der Waals surface area contributed by atoms with E-state index in [0.717, 1.165) is 16.5 Å². The Hall–Kier alpha value is -3.28. The van der Waals surface area contributed by atoms with Gasteiger partial charge in [-0.05, 0) is 60.7 Å². The van der Waals surface area contributed by atoms with Gasteiger partial charge in [-0.25, -0.2) is 0 Å². The molecule has 3 aromatic rings. The highest BCUT2D eigenvalue weighted by molar-refractivity contribution is 5.95. The molecular weight excluding hydrogens is 332 g/mol. The Morgan fingerprint density at radius 2 is 1.96 bits per heavy atom. The van der Waals surface area contributed by atoms with Crippen LogP contribution in [-0.4, -0.2) is 24.2 Å². The fourth-order valence-electron chi connectivity index (χ4n) is 2.98. The topological polar surface area (TPSA) is 80.4 Å². The lowest BCUT2D eigenvalue weighted by Gasteiger charge is -2.07. The molecule has 26 heavy (non-hydrogen) atoms. The average Bonchev–Trinajstić information content (AvgIpc) is 3.10. The molecule has 0 radical (unpaired) electrons.